The van der Waals surface area contributed by atoms with E-state index in [0.29, 0.717) is 0 Å². The summed E-state index contributed by atoms with van der Waals surface area (Å²) in [4.78, 5) is 0. The maximum atomic E-state index is 7.21. The number of fused-ring (bicyclic) bond motifs is 6. The number of hydrogen-bond donors (Lipinski definition) is 0. The molecule has 0 saturated heterocycles. The third-order valence-corrected chi connectivity index (χ3v) is 8.52. The minimum atomic E-state index is -0.433. The topological polar surface area (TPSA) is 0 Å². The van der Waals surface area contributed by atoms with Crippen molar-refractivity contribution in [2.24, 2.45) is 0 Å². The van der Waals surface area contributed by atoms with Crippen molar-refractivity contribution in [1.29, 1.82) is 0 Å². The molecule has 2 aliphatic rings. The van der Waals surface area contributed by atoms with E-state index < -0.39 is 5.41 Å². The molecule has 0 bridgehead atoms. The van der Waals surface area contributed by atoms with Crippen LogP contribution >= 0.6 is 11.6 Å². The van der Waals surface area contributed by atoms with Crippen molar-refractivity contribution in [2.75, 3.05) is 0 Å². The van der Waals surface area contributed by atoms with Crippen molar-refractivity contribution >= 4 is 11.6 Å². The van der Waals surface area contributed by atoms with Gasteiger partial charge in [0.15, 0.2) is 0 Å². The lowest BCUT2D eigenvalue weighted by atomic mass is 9.66. The van der Waals surface area contributed by atoms with E-state index in [-0.39, 0.29) is 5.41 Å². The number of hydrogen-bond acceptors (Lipinski definition) is 0. The Morgan fingerprint density at radius 1 is 0.486 bits per heavy atom. The Kier molecular flexibility index (Phi) is 4.26. The van der Waals surface area contributed by atoms with Crippen LogP contribution in [0.5, 0.6) is 0 Å². The zero-order valence-corrected chi connectivity index (χ0v) is 20.6. The van der Waals surface area contributed by atoms with Crippen LogP contribution in [0.4, 0.5) is 0 Å². The van der Waals surface area contributed by atoms with E-state index in [1.165, 1.54) is 55.6 Å². The molecule has 0 atom stereocenters. The van der Waals surface area contributed by atoms with Crippen molar-refractivity contribution in [2.45, 2.75) is 24.7 Å². The summed E-state index contributed by atoms with van der Waals surface area (Å²) in [7, 11) is 0. The Labute approximate surface area is 211 Å². The maximum Gasteiger partial charge on any atom is 0.0714 e. The van der Waals surface area contributed by atoms with Crippen LogP contribution < -0.4 is 0 Å². The van der Waals surface area contributed by atoms with E-state index in [1.54, 1.807) is 0 Å². The normalized spacial score (nSPS) is 15.7. The van der Waals surface area contributed by atoms with Crippen molar-refractivity contribution in [3.05, 3.63) is 154 Å². The van der Waals surface area contributed by atoms with E-state index in [2.05, 4.69) is 129 Å². The van der Waals surface area contributed by atoms with Gasteiger partial charge in [-0.2, -0.15) is 0 Å². The molecule has 0 spiro atoms. The molecule has 7 rings (SSSR count). The number of halogens is 1. The predicted molar refractivity (Wildman–Crippen MR) is 146 cm³/mol. The van der Waals surface area contributed by atoms with Crippen LogP contribution in [-0.2, 0) is 10.8 Å². The Balaban J connectivity index is 1.62. The first-order chi connectivity index (χ1) is 17.0. The molecule has 0 heterocycles. The van der Waals surface area contributed by atoms with E-state index in [4.69, 9.17) is 11.6 Å². The molecule has 1 heteroatoms. The summed E-state index contributed by atoms with van der Waals surface area (Å²) in [6.45, 7) is 4.65. The largest absolute Gasteiger partial charge is 0.0836 e. The van der Waals surface area contributed by atoms with Crippen molar-refractivity contribution < 1.29 is 0 Å². The van der Waals surface area contributed by atoms with Gasteiger partial charge in [-0.25, -0.2) is 0 Å². The van der Waals surface area contributed by atoms with Crippen molar-refractivity contribution in [3.63, 3.8) is 0 Å². The molecule has 0 radical (unpaired) electrons. The lowest BCUT2D eigenvalue weighted by Crippen LogP contribution is -2.29. The summed E-state index contributed by atoms with van der Waals surface area (Å²) in [5, 5.41) is 0.827. The zero-order valence-electron chi connectivity index (χ0n) is 19.8. The average molecular weight is 469 g/mol. The van der Waals surface area contributed by atoms with Crippen LogP contribution in [0, 0.1) is 0 Å². The molecule has 5 aromatic rings. The Bertz CT molecular complexity index is 1580. The first-order valence-corrected chi connectivity index (χ1v) is 12.6. The quantitative estimate of drug-likeness (QED) is 0.238. The molecule has 0 saturated carbocycles. The van der Waals surface area contributed by atoms with Gasteiger partial charge in [0, 0.05) is 16.0 Å². The molecule has 168 valence electrons. The second kappa shape index (κ2) is 7.20. The highest BCUT2D eigenvalue weighted by Gasteiger charge is 2.47. The van der Waals surface area contributed by atoms with Gasteiger partial charge in [0.25, 0.3) is 0 Å². The molecule has 0 nitrogen and oxygen atoms in total. The Morgan fingerprint density at radius 2 is 1.00 bits per heavy atom. The molecule has 2 aliphatic carbocycles. The van der Waals surface area contributed by atoms with E-state index in [0.717, 1.165) is 5.02 Å². The first-order valence-electron chi connectivity index (χ1n) is 12.2. The van der Waals surface area contributed by atoms with Crippen LogP contribution in [-0.4, -0.2) is 0 Å². The summed E-state index contributed by atoms with van der Waals surface area (Å²) >= 11 is 7.21. The van der Waals surface area contributed by atoms with Gasteiger partial charge < -0.3 is 0 Å². The highest BCUT2D eigenvalue weighted by molar-refractivity contribution is 6.34. The Morgan fingerprint density at radius 3 is 1.63 bits per heavy atom. The van der Waals surface area contributed by atoms with Crippen LogP contribution in [0.1, 0.15) is 47.2 Å². The summed E-state index contributed by atoms with van der Waals surface area (Å²) in [5.74, 6) is 0. The van der Waals surface area contributed by atoms with Crippen molar-refractivity contribution in [1.82, 2.24) is 0 Å². The molecule has 0 aromatic heterocycles. The third-order valence-electron chi connectivity index (χ3n) is 8.23. The molecular formula is C34H25Cl. The molecule has 0 aliphatic heterocycles. The fraction of sp³-hybridized carbons (Fsp3) is 0.118. The van der Waals surface area contributed by atoms with Crippen LogP contribution in [0.2, 0.25) is 5.02 Å². The molecule has 0 amide bonds. The van der Waals surface area contributed by atoms with Gasteiger partial charge in [-0.3, -0.25) is 0 Å². The fourth-order valence-corrected chi connectivity index (χ4v) is 7.01. The summed E-state index contributed by atoms with van der Waals surface area (Å²) in [6.07, 6.45) is 0. The van der Waals surface area contributed by atoms with Gasteiger partial charge in [-0.1, -0.05) is 135 Å². The highest BCUT2D eigenvalue weighted by atomic mass is 35.5. The predicted octanol–water partition coefficient (Wildman–Crippen LogP) is 9.01. The van der Waals surface area contributed by atoms with Crippen LogP contribution in [0.3, 0.4) is 0 Å². The second-order valence-corrected chi connectivity index (χ2v) is 10.7. The summed E-state index contributed by atoms with van der Waals surface area (Å²) in [5.41, 5.74) is 12.2. The number of benzene rings is 5. The lowest BCUT2D eigenvalue weighted by Gasteiger charge is -2.35. The zero-order chi connectivity index (χ0) is 23.8. The lowest BCUT2D eigenvalue weighted by molar-refractivity contribution is 0.655. The van der Waals surface area contributed by atoms with Crippen molar-refractivity contribution in [3.8, 4) is 22.3 Å². The van der Waals surface area contributed by atoms with Gasteiger partial charge in [0.1, 0.15) is 0 Å². The minimum absolute atomic E-state index is 0.124. The molecular weight excluding hydrogens is 444 g/mol. The Hall–Kier alpha value is -3.61. The minimum Gasteiger partial charge on any atom is -0.0836 e. The SMILES string of the molecule is CC1(C)c2ccccc2-c2c(Cl)cc(C3(c4ccccc4)c4ccccc4-c4ccccc43)cc21. The average Bonchev–Trinajstić information content (AvgIpc) is 3.32. The summed E-state index contributed by atoms with van der Waals surface area (Å²) < 4.78 is 0. The monoisotopic (exact) mass is 468 g/mol. The van der Waals surface area contributed by atoms with Gasteiger partial charge >= 0.3 is 0 Å². The fourth-order valence-electron chi connectivity index (χ4n) is 6.69. The van der Waals surface area contributed by atoms with Gasteiger partial charge in [-0.05, 0) is 56.1 Å². The standard InChI is InChI=1S/C34H25Cl/c1-33(2)27-17-9-8-16-26(27)32-30(33)20-23(21-31(32)35)34(22-12-4-3-5-13-22)28-18-10-6-14-24(28)25-15-7-11-19-29(25)34/h3-21H,1-2H3. The van der Waals surface area contributed by atoms with E-state index in [9.17, 15) is 0 Å². The molecule has 5 aromatic carbocycles. The third kappa shape index (κ3) is 2.58. The van der Waals surface area contributed by atoms with E-state index in [1.807, 2.05) is 0 Å². The van der Waals surface area contributed by atoms with Gasteiger partial charge in [0.05, 0.1) is 5.41 Å². The van der Waals surface area contributed by atoms with Crippen LogP contribution in [0.15, 0.2) is 115 Å². The molecule has 0 unspecified atom stereocenters. The summed E-state index contributed by atoms with van der Waals surface area (Å²) in [6, 6.07) is 42.0. The molecule has 0 fully saturated rings. The highest BCUT2D eigenvalue weighted by Crippen LogP contribution is 2.59. The van der Waals surface area contributed by atoms with Gasteiger partial charge in [-0.15, -0.1) is 0 Å². The smallest absolute Gasteiger partial charge is 0.0714 e. The first kappa shape index (κ1) is 20.7. The molecule has 35 heavy (non-hydrogen) atoms. The maximum absolute atomic E-state index is 7.21. The van der Waals surface area contributed by atoms with Crippen LogP contribution in [0.25, 0.3) is 22.3 Å². The number of rotatable bonds is 2. The molecule has 0 N–H and O–H groups in total. The second-order valence-electron chi connectivity index (χ2n) is 10.3. The van der Waals surface area contributed by atoms with Gasteiger partial charge in [0.2, 0.25) is 0 Å². The van der Waals surface area contributed by atoms with E-state index >= 15 is 0 Å².